The van der Waals surface area contributed by atoms with Gasteiger partial charge in [0.25, 0.3) is 0 Å². The van der Waals surface area contributed by atoms with Gasteiger partial charge in [-0.05, 0) is 13.0 Å². The van der Waals surface area contributed by atoms with Crippen molar-refractivity contribution < 1.29 is 9.26 Å². The number of aromatic nitrogens is 5. The van der Waals surface area contributed by atoms with Crippen LogP contribution in [0.25, 0.3) is 5.52 Å². The molecule has 8 nitrogen and oxygen atoms in total. The van der Waals surface area contributed by atoms with E-state index in [1.807, 2.05) is 23.7 Å². The van der Waals surface area contributed by atoms with Crippen molar-refractivity contribution in [2.45, 2.75) is 20.0 Å². The minimum absolute atomic E-state index is 0.211. The van der Waals surface area contributed by atoms with Crippen molar-refractivity contribution in [2.24, 2.45) is 0 Å². The Bertz CT molecular complexity index is 811. The molecule has 0 aliphatic carbocycles. The lowest BCUT2D eigenvalue weighted by atomic mass is 10.2. The van der Waals surface area contributed by atoms with Crippen LogP contribution in [0.5, 0.6) is 0 Å². The maximum Gasteiger partial charge on any atom is 0.223 e. The minimum atomic E-state index is -0.211. The largest absolute Gasteiger partial charge is 0.366 e. The van der Waals surface area contributed by atoms with Crippen LogP contribution in [0.1, 0.15) is 23.5 Å². The Morgan fingerprint density at radius 3 is 3.05 bits per heavy atom. The summed E-state index contributed by atoms with van der Waals surface area (Å²) in [5.74, 6) is 2.03. The average Bonchev–Trinajstić information content (AvgIpc) is 3.11. The Morgan fingerprint density at radius 1 is 1.32 bits per heavy atom. The second-order valence-electron chi connectivity index (χ2n) is 5.34. The van der Waals surface area contributed by atoms with Crippen molar-refractivity contribution in [1.29, 1.82) is 0 Å². The van der Waals surface area contributed by atoms with Gasteiger partial charge in [-0.3, -0.25) is 0 Å². The van der Waals surface area contributed by atoms with E-state index >= 15 is 0 Å². The summed E-state index contributed by atoms with van der Waals surface area (Å²) in [4.78, 5) is 11.0. The van der Waals surface area contributed by atoms with Crippen LogP contribution in [0.4, 0.5) is 5.82 Å². The Kier molecular flexibility index (Phi) is 3.04. The van der Waals surface area contributed by atoms with Gasteiger partial charge < -0.3 is 14.2 Å². The molecule has 1 unspecified atom stereocenters. The van der Waals surface area contributed by atoms with Crippen molar-refractivity contribution in [2.75, 3.05) is 24.6 Å². The summed E-state index contributed by atoms with van der Waals surface area (Å²) in [5.41, 5.74) is 1.96. The van der Waals surface area contributed by atoms with E-state index in [-0.39, 0.29) is 6.10 Å². The van der Waals surface area contributed by atoms with Gasteiger partial charge >= 0.3 is 0 Å². The highest BCUT2D eigenvalue weighted by atomic mass is 16.5. The molecule has 22 heavy (non-hydrogen) atoms. The second-order valence-corrected chi connectivity index (χ2v) is 5.34. The number of anilines is 1. The minimum Gasteiger partial charge on any atom is -0.366 e. The quantitative estimate of drug-likeness (QED) is 0.705. The van der Waals surface area contributed by atoms with Crippen LogP contribution in [-0.4, -0.2) is 44.4 Å². The van der Waals surface area contributed by atoms with E-state index in [2.05, 4.69) is 25.1 Å². The summed E-state index contributed by atoms with van der Waals surface area (Å²) in [6.07, 6.45) is 3.40. The highest BCUT2D eigenvalue weighted by molar-refractivity contribution is 5.69. The zero-order chi connectivity index (χ0) is 15.1. The third-order valence-electron chi connectivity index (χ3n) is 3.69. The molecule has 1 aliphatic rings. The lowest BCUT2D eigenvalue weighted by Crippen LogP contribution is -2.39. The highest BCUT2D eigenvalue weighted by Crippen LogP contribution is 2.26. The zero-order valence-electron chi connectivity index (χ0n) is 12.4. The van der Waals surface area contributed by atoms with Gasteiger partial charge in [0.1, 0.15) is 11.6 Å². The summed E-state index contributed by atoms with van der Waals surface area (Å²) < 4.78 is 12.7. The molecule has 0 amide bonds. The fourth-order valence-corrected chi connectivity index (χ4v) is 2.72. The summed E-state index contributed by atoms with van der Waals surface area (Å²) in [6, 6.07) is 2.03. The van der Waals surface area contributed by atoms with Crippen LogP contribution in [0.3, 0.4) is 0 Å². The lowest BCUT2D eigenvalue weighted by Gasteiger charge is -2.32. The molecule has 1 aliphatic heterocycles. The van der Waals surface area contributed by atoms with Crippen LogP contribution in [0.15, 0.2) is 23.0 Å². The molecule has 0 saturated carbocycles. The zero-order valence-corrected chi connectivity index (χ0v) is 12.4. The van der Waals surface area contributed by atoms with Gasteiger partial charge in [-0.25, -0.2) is 9.50 Å². The molecule has 0 bridgehead atoms. The van der Waals surface area contributed by atoms with Gasteiger partial charge in [0.2, 0.25) is 11.7 Å². The number of fused-ring (bicyclic) bond motifs is 1. The molecule has 0 aromatic carbocycles. The molecule has 3 aromatic rings. The molecular formula is C14H16N6O2. The van der Waals surface area contributed by atoms with Crippen LogP contribution in [-0.2, 0) is 4.74 Å². The molecule has 1 fully saturated rings. The molecule has 1 saturated heterocycles. The first-order valence-corrected chi connectivity index (χ1v) is 7.18. The number of aryl methyl sites for hydroxylation is 2. The number of hydrogen-bond acceptors (Lipinski definition) is 7. The SMILES string of the molecule is Cc1cc2c(N3CCOC(c4noc(C)n4)C3)nccn2n1. The Morgan fingerprint density at radius 2 is 2.23 bits per heavy atom. The first-order valence-electron chi connectivity index (χ1n) is 7.18. The van der Waals surface area contributed by atoms with Crippen LogP contribution >= 0.6 is 0 Å². The molecule has 8 heteroatoms. The predicted octanol–water partition coefficient (Wildman–Crippen LogP) is 1.31. The van der Waals surface area contributed by atoms with Crippen molar-refractivity contribution in [1.82, 2.24) is 24.7 Å². The van der Waals surface area contributed by atoms with Gasteiger partial charge in [0.05, 0.1) is 18.8 Å². The van der Waals surface area contributed by atoms with Crippen LogP contribution in [0, 0.1) is 13.8 Å². The monoisotopic (exact) mass is 300 g/mol. The van der Waals surface area contributed by atoms with E-state index in [0.717, 1.165) is 23.6 Å². The second kappa shape index (κ2) is 5.06. The van der Waals surface area contributed by atoms with Gasteiger partial charge in [0, 0.05) is 25.9 Å². The van der Waals surface area contributed by atoms with Gasteiger partial charge in [-0.15, -0.1) is 0 Å². The Labute approximate surface area is 126 Å². The normalized spacial score (nSPS) is 19.0. The summed E-state index contributed by atoms with van der Waals surface area (Å²) >= 11 is 0. The Hall–Kier alpha value is -2.48. The van der Waals surface area contributed by atoms with E-state index in [1.165, 1.54) is 0 Å². The Balaban J connectivity index is 1.66. The molecule has 114 valence electrons. The summed E-state index contributed by atoms with van der Waals surface area (Å²) in [5, 5.41) is 8.39. The third kappa shape index (κ3) is 2.21. The summed E-state index contributed by atoms with van der Waals surface area (Å²) in [6.45, 7) is 5.74. The first kappa shape index (κ1) is 13.2. The maximum absolute atomic E-state index is 5.77. The van der Waals surface area contributed by atoms with E-state index in [1.54, 1.807) is 13.1 Å². The third-order valence-corrected chi connectivity index (χ3v) is 3.69. The van der Waals surface area contributed by atoms with Gasteiger partial charge in [0.15, 0.2) is 5.82 Å². The lowest BCUT2D eigenvalue weighted by molar-refractivity contribution is 0.0324. The van der Waals surface area contributed by atoms with Crippen molar-refractivity contribution >= 4 is 11.3 Å². The number of nitrogens with zero attached hydrogens (tertiary/aromatic N) is 6. The highest BCUT2D eigenvalue weighted by Gasteiger charge is 2.27. The van der Waals surface area contributed by atoms with E-state index < -0.39 is 0 Å². The van der Waals surface area contributed by atoms with Crippen LogP contribution in [0.2, 0.25) is 0 Å². The number of rotatable bonds is 2. The smallest absolute Gasteiger partial charge is 0.223 e. The molecular weight excluding hydrogens is 284 g/mol. The van der Waals surface area contributed by atoms with Crippen LogP contribution < -0.4 is 4.90 Å². The molecule has 0 N–H and O–H groups in total. The predicted molar refractivity (Wildman–Crippen MR) is 77.7 cm³/mol. The van der Waals surface area contributed by atoms with Crippen molar-refractivity contribution in [3.8, 4) is 0 Å². The van der Waals surface area contributed by atoms with Gasteiger partial charge in [-0.1, -0.05) is 5.16 Å². The molecule has 4 rings (SSSR count). The van der Waals surface area contributed by atoms with Crippen molar-refractivity contribution in [3.05, 3.63) is 35.9 Å². The molecule has 3 aromatic heterocycles. The number of morpholine rings is 1. The number of hydrogen-bond donors (Lipinski definition) is 0. The average molecular weight is 300 g/mol. The van der Waals surface area contributed by atoms with Crippen molar-refractivity contribution in [3.63, 3.8) is 0 Å². The van der Waals surface area contributed by atoms with E-state index in [0.29, 0.717) is 24.9 Å². The first-order chi connectivity index (χ1) is 10.7. The fourth-order valence-electron chi connectivity index (χ4n) is 2.72. The van der Waals surface area contributed by atoms with E-state index in [4.69, 9.17) is 9.26 Å². The van der Waals surface area contributed by atoms with Gasteiger partial charge in [-0.2, -0.15) is 10.1 Å². The molecule has 1 atom stereocenters. The maximum atomic E-state index is 5.77. The molecule has 0 radical (unpaired) electrons. The molecule has 0 spiro atoms. The standard InChI is InChI=1S/C14H16N6O2/c1-9-7-11-14(15-3-4-20(11)17-9)19-5-6-21-12(8-19)13-16-10(2)22-18-13/h3-4,7,12H,5-6,8H2,1-2H3. The van der Waals surface area contributed by atoms with E-state index in [9.17, 15) is 0 Å². The summed E-state index contributed by atoms with van der Waals surface area (Å²) in [7, 11) is 0. The fraction of sp³-hybridized carbons (Fsp3) is 0.429. The number of ether oxygens (including phenoxy) is 1. The topological polar surface area (TPSA) is 81.6 Å². The molecule has 4 heterocycles.